The van der Waals surface area contributed by atoms with Crippen LogP contribution in [0.4, 0.5) is 0 Å². The normalized spacial score (nSPS) is 13.9. The molecule has 8 nitrogen and oxygen atoms in total. The third-order valence-electron chi connectivity index (χ3n) is 4.16. The molecule has 0 unspecified atom stereocenters. The Morgan fingerprint density at radius 1 is 1.15 bits per heavy atom. The summed E-state index contributed by atoms with van der Waals surface area (Å²) in [6.45, 7) is 3.21. The van der Waals surface area contributed by atoms with Crippen LogP contribution in [-0.4, -0.2) is 46.3 Å². The molecule has 3 rings (SSSR count). The number of ether oxygens (including phenoxy) is 1. The second kappa shape index (κ2) is 7.28. The van der Waals surface area contributed by atoms with E-state index >= 15 is 0 Å². The fraction of sp³-hybridized carbons (Fsp3) is 0.278. The molecule has 140 valence electrons. The highest BCUT2D eigenvalue weighted by Gasteiger charge is 2.36. The lowest BCUT2D eigenvalue weighted by Gasteiger charge is -2.10. The summed E-state index contributed by atoms with van der Waals surface area (Å²) in [5.41, 5.74) is 1.17. The van der Waals surface area contributed by atoms with Crippen molar-refractivity contribution in [2.75, 3.05) is 13.2 Å². The molecule has 0 spiro atoms. The van der Waals surface area contributed by atoms with Gasteiger partial charge >= 0.3 is 5.97 Å². The van der Waals surface area contributed by atoms with Gasteiger partial charge in [-0.2, -0.15) is 4.99 Å². The van der Waals surface area contributed by atoms with E-state index in [2.05, 4.69) is 4.99 Å². The Bertz CT molecular complexity index is 999. The molecular formula is C18H17N3O5S. The summed E-state index contributed by atoms with van der Waals surface area (Å²) in [5.74, 6) is -2.17. The molecule has 9 heteroatoms. The summed E-state index contributed by atoms with van der Waals surface area (Å²) < 4.78 is 6.58. The molecule has 1 aliphatic rings. The van der Waals surface area contributed by atoms with Gasteiger partial charge in [-0.25, -0.2) is 4.79 Å². The highest BCUT2D eigenvalue weighted by atomic mass is 32.1. The lowest BCUT2D eigenvalue weighted by Crippen LogP contribution is -2.35. The molecular weight excluding hydrogens is 370 g/mol. The Morgan fingerprint density at radius 3 is 2.30 bits per heavy atom. The summed E-state index contributed by atoms with van der Waals surface area (Å²) in [6.07, 6.45) is 0. The van der Waals surface area contributed by atoms with Crippen LogP contribution in [0.25, 0.3) is 0 Å². The van der Waals surface area contributed by atoms with E-state index in [9.17, 15) is 19.2 Å². The summed E-state index contributed by atoms with van der Waals surface area (Å²) in [4.78, 5) is 54.4. The number of amides is 3. The van der Waals surface area contributed by atoms with Crippen LogP contribution in [0.1, 0.15) is 43.0 Å². The molecule has 0 N–H and O–H groups in total. The van der Waals surface area contributed by atoms with Gasteiger partial charge in [0.2, 0.25) is 0 Å². The molecule has 2 aromatic rings. The molecule has 0 saturated carbocycles. The number of nitrogens with zero attached hydrogens (tertiary/aromatic N) is 3. The van der Waals surface area contributed by atoms with E-state index in [0.29, 0.717) is 10.6 Å². The molecule has 0 aliphatic carbocycles. The van der Waals surface area contributed by atoms with Crippen LogP contribution < -0.4 is 4.80 Å². The number of hydrogen-bond acceptors (Lipinski definition) is 6. The maximum Gasteiger partial charge on any atom is 0.350 e. The van der Waals surface area contributed by atoms with E-state index in [0.717, 1.165) is 16.2 Å². The molecule has 0 atom stereocenters. The molecule has 27 heavy (non-hydrogen) atoms. The summed E-state index contributed by atoms with van der Waals surface area (Å²) in [6, 6.07) is 6.41. The van der Waals surface area contributed by atoms with Gasteiger partial charge in [-0.15, -0.1) is 0 Å². The predicted octanol–water partition coefficient (Wildman–Crippen LogP) is 1.30. The minimum Gasteiger partial charge on any atom is -0.462 e. The average Bonchev–Trinajstić information content (AvgIpc) is 3.06. The van der Waals surface area contributed by atoms with Gasteiger partial charge in [-0.05, 0) is 26.0 Å². The third-order valence-corrected chi connectivity index (χ3v) is 5.38. The van der Waals surface area contributed by atoms with Crippen LogP contribution in [0.2, 0.25) is 0 Å². The molecule has 3 amide bonds. The number of fused-ring (bicyclic) bond motifs is 1. The number of imide groups is 1. The van der Waals surface area contributed by atoms with Crippen LogP contribution in [0.15, 0.2) is 29.3 Å². The standard InChI is InChI=1S/C18H17N3O5S/c1-4-26-17(25)14-10(2)20(3)18(27-14)19-13(22)9-21-15(23)11-7-5-6-8-12(11)16(21)24/h5-8H,4,9H2,1-3H3. The van der Waals surface area contributed by atoms with E-state index in [1.807, 2.05) is 0 Å². The highest BCUT2D eigenvalue weighted by Crippen LogP contribution is 2.22. The van der Waals surface area contributed by atoms with E-state index in [1.165, 1.54) is 0 Å². The highest BCUT2D eigenvalue weighted by molar-refractivity contribution is 7.11. The minimum atomic E-state index is -0.656. The minimum absolute atomic E-state index is 0.241. The van der Waals surface area contributed by atoms with Gasteiger partial charge in [0.1, 0.15) is 11.4 Å². The third kappa shape index (κ3) is 3.33. The molecule has 0 saturated heterocycles. The van der Waals surface area contributed by atoms with Crippen molar-refractivity contribution in [1.82, 2.24) is 9.47 Å². The van der Waals surface area contributed by atoms with E-state index in [-0.39, 0.29) is 22.5 Å². The molecule has 0 fully saturated rings. The van der Waals surface area contributed by atoms with Gasteiger partial charge in [-0.3, -0.25) is 19.3 Å². The zero-order valence-corrected chi connectivity index (χ0v) is 15.8. The van der Waals surface area contributed by atoms with Crippen LogP contribution in [-0.2, 0) is 16.6 Å². The Labute approximate surface area is 158 Å². The number of rotatable bonds is 4. The zero-order chi connectivity index (χ0) is 19.7. The van der Waals surface area contributed by atoms with Crippen molar-refractivity contribution in [3.63, 3.8) is 0 Å². The van der Waals surface area contributed by atoms with Gasteiger partial charge in [0.05, 0.1) is 17.7 Å². The van der Waals surface area contributed by atoms with Gasteiger partial charge in [-0.1, -0.05) is 23.5 Å². The van der Waals surface area contributed by atoms with Crippen molar-refractivity contribution in [2.45, 2.75) is 13.8 Å². The van der Waals surface area contributed by atoms with Gasteiger partial charge < -0.3 is 9.30 Å². The molecule has 0 bridgehead atoms. The second-order valence-electron chi connectivity index (χ2n) is 5.83. The van der Waals surface area contributed by atoms with Crippen molar-refractivity contribution in [3.8, 4) is 0 Å². The quantitative estimate of drug-likeness (QED) is 0.582. The summed E-state index contributed by atoms with van der Waals surface area (Å²) >= 11 is 1.02. The maximum atomic E-state index is 12.3. The van der Waals surface area contributed by atoms with Crippen molar-refractivity contribution in [1.29, 1.82) is 0 Å². The SMILES string of the molecule is CCOC(=O)c1sc(=NC(=O)CN2C(=O)c3ccccc3C2=O)n(C)c1C. The monoisotopic (exact) mass is 387 g/mol. The predicted molar refractivity (Wildman–Crippen MR) is 96.4 cm³/mol. The lowest BCUT2D eigenvalue weighted by atomic mass is 10.1. The Balaban J connectivity index is 1.85. The number of carbonyl (C=O) groups excluding carboxylic acids is 4. The van der Waals surface area contributed by atoms with Crippen LogP contribution in [0.5, 0.6) is 0 Å². The van der Waals surface area contributed by atoms with Crippen LogP contribution >= 0.6 is 11.3 Å². The van der Waals surface area contributed by atoms with Gasteiger partial charge in [0.15, 0.2) is 4.80 Å². The number of benzene rings is 1. The fourth-order valence-corrected chi connectivity index (χ4v) is 3.70. The van der Waals surface area contributed by atoms with E-state index in [1.54, 1.807) is 49.7 Å². The maximum absolute atomic E-state index is 12.3. The summed E-state index contributed by atoms with van der Waals surface area (Å²) in [7, 11) is 1.67. The fourth-order valence-electron chi connectivity index (χ4n) is 2.67. The molecule has 1 aliphatic heterocycles. The van der Waals surface area contributed by atoms with Crippen LogP contribution in [0.3, 0.4) is 0 Å². The van der Waals surface area contributed by atoms with E-state index in [4.69, 9.17) is 4.74 Å². The molecule has 0 radical (unpaired) electrons. The van der Waals surface area contributed by atoms with Crippen molar-refractivity contribution < 1.29 is 23.9 Å². The zero-order valence-electron chi connectivity index (χ0n) is 15.0. The molecule has 2 heterocycles. The first-order valence-electron chi connectivity index (χ1n) is 8.21. The molecule has 1 aromatic heterocycles. The van der Waals surface area contributed by atoms with Crippen LogP contribution in [0, 0.1) is 6.92 Å². The van der Waals surface area contributed by atoms with Gasteiger partial charge in [0.25, 0.3) is 17.7 Å². The number of thiazole rings is 1. The number of aromatic nitrogens is 1. The largest absolute Gasteiger partial charge is 0.462 e. The number of hydrogen-bond donors (Lipinski definition) is 0. The average molecular weight is 387 g/mol. The van der Waals surface area contributed by atoms with Gasteiger partial charge in [0, 0.05) is 12.7 Å². The Kier molecular flexibility index (Phi) is 5.04. The van der Waals surface area contributed by atoms with Crippen molar-refractivity contribution in [2.24, 2.45) is 12.0 Å². The first-order valence-corrected chi connectivity index (χ1v) is 9.03. The lowest BCUT2D eigenvalue weighted by molar-refractivity contribution is -0.118. The van der Waals surface area contributed by atoms with Crippen molar-refractivity contribution in [3.05, 3.63) is 50.8 Å². The second-order valence-corrected chi connectivity index (χ2v) is 6.80. The Hall–Kier alpha value is -3.07. The molecule has 1 aromatic carbocycles. The first kappa shape index (κ1) is 18.7. The topological polar surface area (TPSA) is 98.0 Å². The summed E-state index contributed by atoms with van der Waals surface area (Å²) in [5, 5.41) is 0. The van der Waals surface area contributed by atoms with E-state index < -0.39 is 30.2 Å². The van der Waals surface area contributed by atoms with Crippen molar-refractivity contribution >= 4 is 35.0 Å². The number of carbonyl (C=O) groups is 4. The first-order chi connectivity index (χ1) is 12.8. The number of esters is 1. The smallest absolute Gasteiger partial charge is 0.350 e. The Morgan fingerprint density at radius 2 is 1.74 bits per heavy atom.